The van der Waals surface area contributed by atoms with E-state index in [4.69, 9.17) is 15.0 Å². The van der Waals surface area contributed by atoms with E-state index in [1.54, 1.807) is 0 Å². The summed E-state index contributed by atoms with van der Waals surface area (Å²) >= 11 is 0. The second-order valence-corrected chi connectivity index (χ2v) is 34.0. The predicted molar refractivity (Wildman–Crippen MR) is 519 cm³/mol. The Morgan fingerprint density at radius 2 is 0.602 bits per heavy atom. The fourth-order valence-corrected chi connectivity index (χ4v) is 22.1. The number of aromatic nitrogens is 7. The second-order valence-electron chi connectivity index (χ2n) is 34.0. The highest BCUT2D eigenvalue weighted by Gasteiger charge is 2.36. The third-order valence-corrected chi connectivity index (χ3v) is 27.4. The van der Waals surface area contributed by atoms with Crippen LogP contribution in [0.15, 0.2) is 395 Å². The van der Waals surface area contributed by atoms with Crippen LogP contribution in [0.4, 0.5) is 0 Å². The molecule has 1 aliphatic carbocycles. The van der Waals surface area contributed by atoms with Gasteiger partial charge in [0.25, 0.3) is 0 Å². The van der Waals surface area contributed by atoms with Gasteiger partial charge < -0.3 is 18.3 Å². The number of para-hydroxylation sites is 2. The Balaban J connectivity index is 0.0000000978. The monoisotopic (exact) mass is 1560 g/mol. The number of fused-ring (bicyclic) bond motifs is 21. The lowest BCUT2D eigenvalue weighted by molar-refractivity contribution is 0.660. The molecule has 123 heavy (non-hydrogen) atoms. The Morgan fingerprint density at radius 3 is 1.23 bits per heavy atom. The first kappa shape index (κ1) is 67.9. The summed E-state index contributed by atoms with van der Waals surface area (Å²) in [5.74, 6) is 0. The van der Waals surface area contributed by atoms with Crippen molar-refractivity contribution >= 4 is 206 Å². The molecule has 0 fully saturated rings. The van der Waals surface area contributed by atoms with Gasteiger partial charge in [0.2, 0.25) is 0 Å². The zero-order valence-corrected chi connectivity index (χ0v) is 67.2. The maximum Gasteiger partial charge on any atom is 0.0969 e. The topological polar surface area (TPSA) is 58.4 Å². The molecule has 7 aromatic heterocycles. The van der Waals surface area contributed by atoms with E-state index < -0.39 is 0 Å². The second kappa shape index (κ2) is 25.5. The molecule has 0 radical (unpaired) electrons. The molecule has 0 saturated carbocycles. The van der Waals surface area contributed by atoms with Crippen LogP contribution < -0.4 is 0 Å². The average Bonchev–Trinajstić information content (AvgIpc) is 1.62. The molecule has 0 saturated heterocycles. The van der Waals surface area contributed by atoms with Crippen molar-refractivity contribution in [3.8, 4) is 45.0 Å². The fraction of sp³-hybridized carbons (Fsp3) is 0.0259. The van der Waals surface area contributed by atoms with Crippen LogP contribution in [0.2, 0.25) is 0 Å². The van der Waals surface area contributed by atoms with Crippen LogP contribution >= 0.6 is 0 Å². The number of hydrogen-bond acceptors (Lipinski definition) is 3. The van der Waals surface area contributed by atoms with Crippen LogP contribution in [-0.4, -0.2) is 33.2 Å². The molecule has 570 valence electrons. The first-order valence-electron chi connectivity index (χ1n) is 42.5. The standard InChI is InChI=1S/C45H27N3.C36H24N2.C35H20N2/c1-3-10-28(11-4-1)33-21-17-29-18-23-36-43-30(19-22-35(33)42(29)43)26-41-44(36)45-40(16-9-25-46-45)48(41)32-20-24-39-37(27-32)34-14-7-8-15-38(34)47(39)31-12-5-2-6-13-31;1-36(2)28-10-4-3-9-25(28)26-17-15-24(20-29(26)36)38-30-11-6-18-37-35(30)34-27-16-14-22-8-5-7-21-12-13-23(19-31(34)38)33(27)32(21)22;1-2-10-25-23(7-1)19-30(27-12-4-3-11-26(25)27)37-29-13-6-18-36-35(29)34-28-17-16-22-9-5-8-21-14-15-24(20-31(34)37)33(28)32(21)22/h1-27H;3-20H,1-2H3;1-20H. The van der Waals surface area contributed by atoms with E-state index in [1.807, 2.05) is 18.6 Å². The Labute approximate surface area is 704 Å². The van der Waals surface area contributed by atoms with Gasteiger partial charge in [-0.3, -0.25) is 15.0 Å². The molecule has 0 amide bonds. The zero-order valence-electron chi connectivity index (χ0n) is 67.2. The molecule has 0 N–H and O–H groups in total. The molecule has 29 rings (SSSR count). The van der Waals surface area contributed by atoms with Gasteiger partial charge in [0.05, 0.1) is 66.4 Å². The molecule has 7 heterocycles. The Kier molecular flexibility index (Phi) is 14.1. The lowest BCUT2D eigenvalue weighted by Crippen LogP contribution is -2.15. The van der Waals surface area contributed by atoms with Crippen molar-refractivity contribution in [3.05, 3.63) is 406 Å². The van der Waals surface area contributed by atoms with Gasteiger partial charge in [0.15, 0.2) is 0 Å². The van der Waals surface area contributed by atoms with Crippen molar-refractivity contribution in [2.24, 2.45) is 0 Å². The number of benzene rings is 21. The summed E-state index contributed by atoms with van der Waals surface area (Å²) in [6.07, 6.45) is 5.77. The molecule has 0 aliphatic heterocycles. The largest absolute Gasteiger partial charge is 0.309 e. The van der Waals surface area contributed by atoms with Gasteiger partial charge in [-0.05, 0) is 256 Å². The zero-order chi connectivity index (χ0) is 80.6. The third kappa shape index (κ3) is 9.56. The van der Waals surface area contributed by atoms with Gasteiger partial charge in [-0.15, -0.1) is 0 Å². The molecule has 0 atom stereocenters. The van der Waals surface area contributed by atoms with Crippen molar-refractivity contribution < 1.29 is 0 Å². The van der Waals surface area contributed by atoms with Crippen LogP contribution in [0.5, 0.6) is 0 Å². The van der Waals surface area contributed by atoms with Crippen LogP contribution in [0.1, 0.15) is 25.0 Å². The molecule has 7 nitrogen and oxygen atoms in total. The normalized spacial score (nSPS) is 12.9. The molecule has 28 aromatic rings. The van der Waals surface area contributed by atoms with Crippen molar-refractivity contribution in [1.82, 2.24) is 33.2 Å². The Hall–Kier alpha value is -16.1. The molecule has 0 spiro atoms. The quantitative estimate of drug-likeness (QED) is 0.161. The van der Waals surface area contributed by atoms with Gasteiger partial charge in [-0.2, -0.15) is 0 Å². The summed E-state index contributed by atoms with van der Waals surface area (Å²) < 4.78 is 9.64. The lowest BCUT2D eigenvalue weighted by Gasteiger charge is -2.22. The van der Waals surface area contributed by atoms with E-state index in [-0.39, 0.29) is 5.41 Å². The van der Waals surface area contributed by atoms with E-state index in [1.165, 1.54) is 218 Å². The van der Waals surface area contributed by atoms with Crippen molar-refractivity contribution in [3.63, 3.8) is 0 Å². The van der Waals surface area contributed by atoms with Gasteiger partial charge in [-0.1, -0.05) is 281 Å². The van der Waals surface area contributed by atoms with E-state index >= 15 is 0 Å². The first-order valence-corrected chi connectivity index (χ1v) is 42.5. The van der Waals surface area contributed by atoms with Crippen LogP contribution in [0, 0.1) is 0 Å². The number of rotatable bonds is 5. The lowest BCUT2D eigenvalue weighted by atomic mass is 9.82. The van der Waals surface area contributed by atoms with Crippen molar-refractivity contribution in [2.75, 3.05) is 0 Å². The number of hydrogen-bond donors (Lipinski definition) is 0. The van der Waals surface area contributed by atoms with Crippen LogP contribution in [0.3, 0.4) is 0 Å². The molecule has 7 heteroatoms. The summed E-state index contributed by atoms with van der Waals surface area (Å²) in [7, 11) is 0. The smallest absolute Gasteiger partial charge is 0.0969 e. The Bertz CT molecular complexity index is 9330. The molecule has 1 aliphatic rings. The van der Waals surface area contributed by atoms with Gasteiger partial charge in [0, 0.05) is 73.4 Å². The minimum Gasteiger partial charge on any atom is -0.309 e. The fourth-order valence-electron chi connectivity index (χ4n) is 22.1. The number of pyridine rings is 3. The molecular weight excluding hydrogens is 1490 g/mol. The third-order valence-electron chi connectivity index (χ3n) is 27.4. The SMILES string of the molecule is CC1(C)c2ccccc2-c2ccc(-n3c4cccnc4c4c5ccc6cccc7ccc(cc43)c5c76)cc21.c1ccc(-c2ccc3ccc4c5c(ccc2c35)cc2c4c3ncccc3n2-c2ccc3c(c2)c2ccccc2n3-c2ccccc2)cc1.c1ccc2c(c1)cc(-n1c3cccnc3c3c4ccc5cccc6ccc(cc31)c4c65)c1ccccc12. The minimum atomic E-state index is -0.0459. The van der Waals surface area contributed by atoms with Gasteiger partial charge in [0.1, 0.15) is 0 Å². The highest BCUT2D eigenvalue weighted by molar-refractivity contribution is 6.37. The van der Waals surface area contributed by atoms with Gasteiger partial charge in [-0.25, -0.2) is 0 Å². The molecule has 0 bridgehead atoms. The highest BCUT2D eigenvalue weighted by Crippen LogP contribution is 2.53. The summed E-state index contributed by atoms with van der Waals surface area (Å²) in [4.78, 5) is 14.9. The van der Waals surface area contributed by atoms with E-state index in [9.17, 15) is 0 Å². The predicted octanol–water partition coefficient (Wildman–Crippen LogP) is 30.6. The molecular formula is C116H71N7. The van der Waals surface area contributed by atoms with Crippen molar-refractivity contribution in [1.29, 1.82) is 0 Å². The van der Waals surface area contributed by atoms with Gasteiger partial charge >= 0.3 is 0 Å². The summed E-state index contributed by atoms with van der Waals surface area (Å²) in [5.41, 5.74) is 25.1. The Morgan fingerprint density at radius 1 is 0.195 bits per heavy atom. The number of nitrogens with zero attached hydrogens (tertiary/aromatic N) is 7. The average molecular weight is 1560 g/mol. The van der Waals surface area contributed by atoms with E-state index in [0.29, 0.717) is 0 Å². The maximum absolute atomic E-state index is 5.03. The van der Waals surface area contributed by atoms with Crippen LogP contribution in [0.25, 0.3) is 251 Å². The van der Waals surface area contributed by atoms with Crippen LogP contribution in [-0.2, 0) is 5.41 Å². The minimum absolute atomic E-state index is 0.0459. The molecule has 0 unspecified atom stereocenters. The van der Waals surface area contributed by atoms with E-state index in [2.05, 4.69) is 408 Å². The summed E-state index contributed by atoms with van der Waals surface area (Å²) in [6.45, 7) is 4.69. The summed E-state index contributed by atoms with van der Waals surface area (Å²) in [6, 6.07) is 138. The molecule has 21 aromatic carbocycles. The van der Waals surface area contributed by atoms with E-state index in [0.717, 1.165) is 44.5 Å². The first-order chi connectivity index (χ1) is 60.8. The summed E-state index contributed by atoms with van der Waals surface area (Å²) in [5, 5.41) is 34.4. The highest BCUT2D eigenvalue weighted by atomic mass is 15.0. The maximum atomic E-state index is 5.03. The van der Waals surface area contributed by atoms with Crippen molar-refractivity contribution in [2.45, 2.75) is 19.3 Å².